The molecular formula is C20H33N5O2. The van der Waals surface area contributed by atoms with Crippen molar-refractivity contribution in [3.63, 3.8) is 0 Å². The molecule has 7 nitrogen and oxygen atoms in total. The van der Waals surface area contributed by atoms with Gasteiger partial charge in [0.25, 0.3) is 5.91 Å². The zero-order chi connectivity index (χ0) is 19.6. The lowest BCUT2D eigenvalue weighted by molar-refractivity contribution is -0.0455. The van der Waals surface area contributed by atoms with Gasteiger partial charge in [-0.3, -0.25) is 4.79 Å². The average Bonchev–Trinajstić information content (AvgIpc) is 2.61. The van der Waals surface area contributed by atoms with Crippen LogP contribution < -0.4 is 10.2 Å². The van der Waals surface area contributed by atoms with Crippen molar-refractivity contribution < 1.29 is 9.53 Å². The van der Waals surface area contributed by atoms with E-state index >= 15 is 0 Å². The smallest absolute Gasteiger partial charge is 0.270 e. The maximum Gasteiger partial charge on any atom is 0.270 e. The van der Waals surface area contributed by atoms with Gasteiger partial charge in [-0.1, -0.05) is 13.8 Å². The summed E-state index contributed by atoms with van der Waals surface area (Å²) in [4.78, 5) is 26.4. The standard InChI is InChI=1S/C20H33N5O2/c1-14(2)12-16-22-17-15(6-9-21-19(17)26)18(23-16)25-10-7-20(27-5,8-11-25)13-24(3)4/h14H,6-13H2,1-5H3,(H,21,26). The summed E-state index contributed by atoms with van der Waals surface area (Å²) in [5.74, 6) is 2.11. The summed E-state index contributed by atoms with van der Waals surface area (Å²) in [5.41, 5.74) is 1.47. The van der Waals surface area contributed by atoms with Gasteiger partial charge in [-0.05, 0) is 39.3 Å². The summed E-state index contributed by atoms with van der Waals surface area (Å²) in [5, 5.41) is 2.92. The molecule has 2 aliphatic heterocycles. The molecular weight excluding hydrogens is 342 g/mol. The fraction of sp³-hybridized carbons (Fsp3) is 0.750. The molecule has 1 aromatic rings. The Morgan fingerprint density at radius 2 is 1.96 bits per heavy atom. The highest BCUT2D eigenvalue weighted by Gasteiger charge is 2.37. The maximum absolute atomic E-state index is 12.4. The van der Waals surface area contributed by atoms with Crippen molar-refractivity contribution in [1.82, 2.24) is 20.2 Å². The van der Waals surface area contributed by atoms with Gasteiger partial charge in [0.05, 0.1) is 5.60 Å². The summed E-state index contributed by atoms with van der Waals surface area (Å²) in [6.45, 7) is 7.64. The van der Waals surface area contributed by atoms with E-state index in [4.69, 9.17) is 9.72 Å². The highest BCUT2D eigenvalue weighted by molar-refractivity contribution is 5.96. The Kier molecular flexibility index (Phi) is 6.01. The molecule has 0 saturated carbocycles. The number of aromatic nitrogens is 2. The van der Waals surface area contributed by atoms with E-state index in [0.29, 0.717) is 18.2 Å². The number of methoxy groups -OCH3 is 1. The Labute approximate surface area is 162 Å². The van der Waals surface area contributed by atoms with E-state index in [2.05, 4.69) is 48.0 Å². The normalized spacial score (nSPS) is 19.4. The van der Waals surface area contributed by atoms with Crippen LogP contribution in [-0.2, 0) is 17.6 Å². The molecule has 0 spiro atoms. The molecule has 3 rings (SSSR count). The molecule has 0 radical (unpaired) electrons. The second kappa shape index (κ2) is 8.10. The molecule has 1 fully saturated rings. The fourth-order valence-corrected chi connectivity index (χ4v) is 4.17. The van der Waals surface area contributed by atoms with Crippen molar-refractivity contribution in [1.29, 1.82) is 0 Å². The number of likely N-dealkylation sites (N-methyl/N-ethyl adjacent to an activating group) is 1. The highest BCUT2D eigenvalue weighted by Crippen LogP contribution is 2.32. The third kappa shape index (κ3) is 4.41. The summed E-state index contributed by atoms with van der Waals surface area (Å²) in [7, 11) is 5.99. The Bertz CT molecular complexity index is 681. The lowest BCUT2D eigenvalue weighted by Crippen LogP contribution is -2.51. The number of anilines is 1. The van der Waals surface area contributed by atoms with Crippen LogP contribution in [0, 0.1) is 5.92 Å². The summed E-state index contributed by atoms with van der Waals surface area (Å²) in [6, 6.07) is 0. The van der Waals surface area contributed by atoms with Gasteiger partial charge in [0.2, 0.25) is 0 Å². The van der Waals surface area contributed by atoms with Crippen molar-refractivity contribution in [3.8, 4) is 0 Å². The molecule has 3 heterocycles. The number of nitrogens with zero attached hydrogens (tertiary/aromatic N) is 4. The van der Waals surface area contributed by atoms with Crippen molar-refractivity contribution in [2.45, 2.75) is 45.1 Å². The molecule has 0 aliphatic carbocycles. The Hall–Kier alpha value is -1.73. The van der Waals surface area contributed by atoms with Gasteiger partial charge < -0.3 is 19.9 Å². The fourth-order valence-electron chi connectivity index (χ4n) is 4.17. The lowest BCUT2D eigenvalue weighted by Gasteiger charge is -2.43. The first-order chi connectivity index (χ1) is 12.8. The topological polar surface area (TPSA) is 70.6 Å². The van der Waals surface area contributed by atoms with Gasteiger partial charge in [-0.2, -0.15) is 0 Å². The maximum atomic E-state index is 12.4. The molecule has 1 N–H and O–H groups in total. The van der Waals surface area contributed by atoms with Crippen LogP contribution in [0.15, 0.2) is 0 Å². The number of ether oxygens (including phenoxy) is 1. The first-order valence-corrected chi connectivity index (χ1v) is 9.96. The third-order valence-electron chi connectivity index (χ3n) is 5.51. The SMILES string of the molecule is COC1(CN(C)C)CCN(c2nc(CC(C)C)nc3c2CCNC3=O)CC1. The average molecular weight is 376 g/mol. The Morgan fingerprint density at radius 3 is 2.56 bits per heavy atom. The van der Waals surface area contributed by atoms with E-state index in [9.17, 15) is 4.79 Å². The minimum Gasteiger partial charge on any atom is -0.377 e. The van der Waals surface area contributed by atoms with Crippen LogP contribution in [0.3, 0.4) is 0 Å². The first kappa shape index (κ1) is 20.0. The van der Waals surface area contributed by atoms with Gasteiger partial charge in [-0.25, -0.2) is 9.97 Å². The number of hydrogen-bond acceptors (Lipinski definition) is 6. The van der Waals surface area contributed by atoms with Gasteiger partial charge in [0, 0.05) is 45.3 Å². The Balaban J connectivity index is 1.88. The predicted octanol–water partition coefficient (Wildman–Crippen LogP) is 1.51. The molecule has 0 bridgehead atoms. The van der Waals surface area contributed by atoms with E-state index in [0.717, 1.165) is 62.5 Å². The molecule has 1 saturated heterocycles. The molecule has 150 valence electrons. The van der Waals surface area contributed by atoms with Crippen LogP contribution in [0.25, 0.3) is 0 Å². The van der Waals surface area contributed by atoms with Crippen LogP contribution in [-0.4, -0.2) is 73.8 Å². The van der Waals surface area contributed by atoms with Gasteiger partial charge >= 0.3 is 0 Å². The molecule has 0 atom stereocenters. The number of piperidine rings is 1. The molecule has 1 amide bonds. The predicted molar refractivity (Wildman–Crippen MR) is 106 cm³/mol. The van der Waals surface area contributed by atoms with E-state index < -0.39 is 0 Å². The first-order valence-electron chi connectivity index (χ1n) is 9.96. The monoisotopic (exact) mass is 375 g/mol. The number of carbonyl (C=O) groups excluding carboxylic acids is 1. The molecule has 1 aromatic heterocycles. The Morgan fingerprint density at radius 1 is 1.26 bits per heavy atom. The quantitative estimate of drug-likeness (QED) is 0.813. The number of nitrogens with one attached hydrogen (secondary N) is 1. The van der Waals surface area contributed by atoms with Gasteiger partial charge in [0.15, 0.2) is 0 Å². The number of amides is 1. The molecule has 0 unspecified atom stereocenters. The number of fused-ring (bicyclic) bond motifs is 1. The minimum absolute atomic E-state index is 0.0687. The zero-order valence-corrected chi connectivity index (χ0v) is 17.3. The molecule has 27 heavy (non-hydrogen) atoms. The van der Waals surface area contributed by atoms with Crippen molar-refractivity contribution in [2.24, 2.45) is 5.92 Å². The molecule has 0 aromatic carbocycles. The van der Waals surface area contributed by atoms with Crippen LogP contribution in [0.2, 0.25) is 0 Å². The zero-order valence-electron chi connectivity index (χ0n) is 17.3. The summed E-state index contributed by atoms with van der Waals surface area (Å²) >= 11 is 0. The van der Waals surface area contributed by atoms with E-state index in [1.165, 1.54) is 0 Å². The van der Waals surface area contributed by atoms with Gasteiger partial charge in [-0.15, -0.1) is 0 Å². The number of carbonyl (C=O) groups is 1. The van der Waals surface area contributed by atoms with E-state index in [-0.39, 0.29) is 11.5 Å². The van der Waals surface area contributed by atoms with Gasteiger partial charge in [0.1, 0.15) is 17.3 Å². The van der Waals surface area contributed by atoms with Crippen molar-refractivity contribution in [2.75, 3.05) is 52.3 Å². The number of hydrogen-bond donors (Lipinski definition) is 1. The largest absolute Gasteiger partial charge is 0.377 e. The summed E-state index contributed by atoms with van der Waals surface area (Å²) < 4.78 is 5.91. The van der Waals surface area contributed by atoms with Crippen molar-refractivity contribution >= 4 is 11.7 Å². The lowest BCUT2D eigenvalue weighted by atomic mass is 9.90. The van der Waals surface area contributed by atoms with Crippen LogP contribution in [0.1, 0.15) is 48.6 Å². The number of rotatable bonds is 6. The summed E-state index contributed by atoms with van der Waals surface area (Å²) in [6.07, 6.45) is 3.48. The molecule has 2 aliphatic rings. The second-order valence-corrected chi connectivity index (χ2v) is 8.51. The second-order valence-electron chi connectivity index (χ2n) is 8.51. The van der Waals surface area contributed by atoms with Crippen LogP contribution in [0.5, 0.6) is 0 Å². The van der Waals surface area contributed by atoms with E-state index in [1.807, 2.05) is 7.11 Å². The van der Waals surface area contributed by atoms with Crippen LogP contribution in [0.4, 0.5) is 5.82 Å². The third-order valence-corrected chi connectivity index (χ3v) is 5.51. The van der Waals surface area contributed by atoms with E-state index in [1.54, 1.807) is 0 Å². The van der Waals surface area contributed by atoms with Crippen LogP contribution >= 0.6 is 0 Å². The van der Waals surface area contributed by atoms with Crippen molar-refractivity contribution in [3.05, 3.63) is 17.1 Å². The highest BCUT2D eigenvalue weighted by atomic mass is 16.5. The minimum atomic E-state index is -0.106. The molecule has 7 heteroatoms.